The van der Waals surface area contributed by atoms with Crippen molar-refractivity contribution in [2.24, 2.45) is 0 Å². The smallest absolute Gasteiger partial charge is 0.418 e. The summed E-state index contributed by atoms with van der Waals surface area (Å²) in [4.78, 5) is 40.6. The number of rotatable bonds is 4. The molecule has 0 aliphatic heterocycles. The van der Waals surface area contributed by atoms with Crippen molar-refractivity contribution in [3.63, 3.8) is 0 Å². The van der Waals surface area contributed by atoms with Gasteiger partial charge in [0.1, 0.15) is 34.3 Å². The number of ether oxygens (including phenoxy) is 3. The molecule has 0 unspecified atom stereocenters. The van der Waals surface area contributed by atoms with E-state index in [1.165, 1.54) is 36.7 Å². The summed E-state index contributed by atoms with van der Waals surface area (Å²) >= 11 is 0. The first-order chi connectivity index (χ1) is 19.6. The fourth-order valence-corrected chi connectivity index (χ4v) is 2.60. The summed E-state index contributed by atoms with van der Waals surface area (Å²) in [6.07, 6.45) is -3.46. The van der Waals surface area contributed by atoms with Gasteiger partial charge in [-0.25, -0.2) is 31.9 Å². The van der Waals surface area contributed by atoms with Gasteiger partial charge in [-0.15, -0.1) is 0 Å². The monoisotopic (exact) mass is 705 g/mol. The first kappa shape index (κ1) is 49.1. The van der Waals surface area contributed by atoms with Crippen LogP contribution in [0.4, 0.5) is 22.4 Å². The van der Waals surface area contributed by atoms with Crippen LogP contribution in [0.5, 0.6) is 0 Å². The third-order valence-corrected chi connectivity index (χ3v) is 4.08. The fraction of sp³-hybridized carbons (Fsp3) is 0.500. The van der Waals surface area contributed by atoms with Gasteiger partial charge in [-0.05, 0) is 86.1 Å². The van der Waals surface area contributed by atoms with Crippen LogP contribution in [0, 0.1) is 18.8 Å². The summed E-state index contributed by atoms with van der Waals surface area (Å²) in [5, 5.41) is 10.8. The fourth-order valence-electron chi connectivity index (χ4n) is 2.60. The number of halogens is 4. The molecule has 3 N–H and O–H groups in total. The number of alkyl halides is 4. The van der Waals surface area contributed by atoms with E-state index >= 15 is 0 Å². The van der Waals surface area contributed by atoms with Crippen molar-refractivity contribution < 1.29 is 68.1 Å². The number of amides is 1. The Morgan fingerprint density at radius 2 is 1.17 bits per heavy atom. The molecule has 0 atom stereocenters. The summed E-state index contributed by atoms with van der Waals surface area (Å²) in [6.45, 7) is 15.3. The number of hydrogen-bond acceptors (Lipinski definition) is 9. The van der Waals surface area contributed by atoms with E-state index in [1.807, 2.05) is 0 Å². The molecule has 0 radical (unpaired) electrons. The van der Waals surface area contributed by atoms with Gasteiger partial charge in [0.15, 0.2) is 0 Å². The molecule has 0 aliphatic rings. The second kappa shape index (κ2) is 21.8. The van der Waals surface area contributed by atoms with Crippen molar-refractivity contribution in [2.75, 3.05) is 0 Å². The Labute approximate surface area is 277 Å². The molecule has 1 amide bonds. The van der Waals surface area contributed by atoms with Crippen LogP contribution in [0.2, 0.25) is 0 Å². The topological polar surface area (TPSA) is 172 Å². The van der Waals surface area contributed by atoms with Gasteiger partial charge >= 0.3 is 18.0 Å². The second-order valence-electron chi connectivity index (χ2n) is 11.6. The van der Waals surface area contributed by atoms with Gasteiger partial charge in [0.05, 0.1) is 5.56 Å². The molecule has 2 heterocycles. The molecule has 0 fully saturated rings. The van der Waals surface area contributed by atoms with Crippen molar-refractivity contribution in [1.82, 2.24) is 15.3 Å². The van der Waals surface area contributed by atoms with E-state index in [0.717, 1.165) is 0 Å². The average Bonchev–Trinajstić information content (AvgIpc) is 2.85. The first-order valence-electron chi connectivity index (χ1n) is 12.8. The van der Waals surface area contributed by atoms with Crippen molar-refractivity contribution in [2.45, 2.75) is 98.5 Å². The summed E-state index contributed by atoms with van der Waals surface area (Å²) < 4.78 is 63.9. The van der Waals surface area contributed by atoms with Crippen LogP contribution in [0.3, 0.4) is 0 Å². The van der Waals surface area contributed by atoms with E-state index < -0.39 is 53.4 Å². The average molecular weight is 706 g/mol. The molecular weight excluding hydrogens is 663 g/mol. The zero-order chi connectivity index (χ0) is 33.6. The van der Waals surface area contributed by atoms with Crippen molar-refractivity contribution in [3.8, 4) is 6.07 Å². The molecule has 2 aromatic heterocycles. The van der Waals surface area contributed by atoms with Crippen LogP contribution in [-0.2, 0) is 46.8 Å². The third-order valence-electron chi connectivity index (χ3n) is 4.08. The van der Waals surface area contributed by atoms with E-state index in [0.29, 0.717) is 0 Å². The van der Waals surface area contributed by atoms with E-state index in [-0.39, 0.29) is 52.8 Å². The number of nitrogens with one attached hydrogen (secondary N) is 1. The van der Waals surface area contributed by atoms with Crippen molar-refractivity contribution >= 4 is 18.0 Å². The number of nitriles is 1. The van der Waals surface area contributed by atoms with Crippen LogP contribution in [0.25, 0.3) is 0 Å². The molecular formula is C30H43F4N4NiO7-. The molecule has 46 heavy (non-hydrogen) atoms. The van der Waals surface area contributed by atoms with Crippen LogP contribution < -0.4 is 5.32 Å². The van der Waals surface area contributed by atoms with Crippen LogP contribution >= 0.6 is 0 Å². The molecule has 0 aromatic carbocycles. The number of carbonyl (C=O) groups excluding carboxylic acids is 3. The number of alkyl carbamates (subject to hydrolysis) is 1. The van der Waals surface area contributed by atoms with Gasteiger partial charge in [-0.2, -0.15) is 5.26 Å². The number of aromatic nitrogens is 2. The van der Waals surface area contributed by atoms with Gasteiger partial charge in [0.25, 0.3) is 12.9 Å². The summed E-state index contributed by atoms with van der Waals surface area (Å²) in [5.74, 6) is -1.90. The molecule has 264 valence electrons. The van der Waals surface area contributed by atoms with E-state index in [4.69, 9.17) is 19.5 Å². The largest absolute Gasteiger partial charge is 0.452 e. The van der Waals surface area contributed by atoms with Crippen LogP contribution in [0.1, 0.15) is 97.7 Å². The number of esters is 2. The molecule has 16 heteroatoms. The zero-order valence-electron chi connectivity index (χ0n) is 27.4. The molecule has 0 saturated heterocycles. The van der Waals surface area contributed by atoms with Gasteiger partial charge in [0, 0.05) is 35.4 Å². The standard InChI is InChI=1S/C12H16F2N2O2.C10H18O4.C7H4F2N2.CH3.Ni.H2O/c1-12(2,3)18-11(17)16-7-8-5-4-6-15-9(8)10(13)14;1-9(2,3)13-7(11)8(12)14-10(4,5)6;8-7(9)6-5(4-10)2-1-3-11-6;;;/h4-6,10H,7H2,1-3H3,(H,16,17);1-6H3;1-3,7H;1H3;;1H2/q;;;-1;;. The quantitative estimate of drug-likeness (QED) is 0.0967. The predicted octanol–water partition coefficient (Wildman–Crippen LogP) is 6.23. The number of carbonyl (C=O) groups is 3. The van der Waals surface area contributed by atoms with Gasteiger partial charge in [0.2, 0.25) is 0 Å². The Morgan fingerprint density at radius 1 is 0.783 bits per heavy atom. The number of hydrogen-bond donors (Lipinski definition) is 1. The Kier molecular flexibility index (Phi) is 23.3. The minimum atomic E-state index is -2.68. The summed E-state index contributed by atoms with van der Waals surface area (Å²) in [7, 11) is 0. The maximum Gasteiger partial charge on any atom is 0.418 e. The Morgan fingerprint density at radius 3 is 1.52 bits per heavy atom. The second-order valence-corrected chi connectivity index (χ2v) is 11.6. The molecule has 11 nitrogen and oxygen atoms in total. The van der Waals surface area contributed by atoms with Gasteiger partial charge in [-0.1, -0.05) is 6.07 Å². The SMILES string of the molecule is CC(C)(C)OC(=O)C(=O)OC(C)(C)C.CC(C)(C)OC(=O)NCc1cccnc1C(F)F.N#Cc1cccnc1C(F)F.O.[CH3-].[Ni]. The van der Waals surface area contributed by atoms with E-state index in [1.54, 1.807) is 68.4 Å². The molecule has 0 spiro atoms. The molecule has 0 aliphatic carbocycles. The van der Waals surface area contributed by atoms with Crippen molar-refractivity contribution in [1.29, 1.82) is 5.26 Å². The maximum absolute atomic E-state index is 12.6. The zero-order valence-corrected chi connectivity index (χ0v) is 28.4. The molecule has 0 saturated carbocycles. The minimum absolute atomic E-state index is 0. The summed E-state index contributed by atoms with van der Waals surface area (Å²) in [6, 6.07) is 7.43. The molecule has 2 aromatic rings. The normalized spacial score (nSPS) is 10.5. The minimum Gasteiger partial charge on any atom is -0.452 e. The van der Waals surface area contributed by atoms with Crippen LogP contribution in [0.15, 0.2) is 36.7 Å². The Hall–Kier alpha value is -3.83. The maximum atomic E-state index is 12.6. The third kappa shape index (κ3) is 22.6. The summed E-state index contributed by atoms with van der Waals surface area (Å²) in [5.41, 5.74) is -2.53. The number of nitrogens with zero attached hydrogens (tertiary/aromatic N) is 3. The van der Waals surface area contributed by atoms with Crippen LogP contribution in [-0.4, -0.2) is 50.3 Å². The first-order valence-corrected chi connectivity index (χ1v) is 12.8. The van der Waals surface area contributed by atoms with Gasteiger partial charge < -0.3 is 32.4 Å². The predicted molar refractivity (Wildman–Crippen MR) is 158 cm³/mol. The van der Waals surface area contributed by atoms with Crippen molar-refractivity contribution in [3.05, 3.63) is 66.6 Å². The van der Waals surface area contributed by atoms with Gasteiger partial charge in [-0.3, -0.25) is 9.97 Å². The van der Waals surface area contributed by atoms with E-state index in [9.17, 15) is 31.9 Å². The molecule has 0 bridgehead atoms. The Bertz CT molecular complexity index is 1230. The number of pyridine rings is 2. The van der Waals surface area contributed by atoms with E-state index in [2.05, 4.69) is 15.3 Å². The molecule has 2 rings (SSSR count). The Balaban J connectivity index is -0.000000286.